The number of aromatic nitrogens is 2. The van der Waals surface area contributed by atoms with Crippen LogP contribution in [0.4, 0.5) is 16.0 Å². The van der Waals surface area contributed by atoms with Gasteiger partial charge in [0, 0.05) is 51.9 Å². The lowest BCUT2D eigenvalue weighted by atomic mass is 9.99. The van der Waals surface area contributed by atoms with Gasteiger partial charge in [-0.1, -0.05) is 18.2 Å². The van der Waals surface area contributed by atoms with Crippen LogP contribution in [0.1, 0.15) is 18.4 Å². The third kappa shape index (κ3) is 4.70. The van der Waals surface area contributed by atoms with E-state index in [9.17, 15) is 14.3 Å². The zero-order valence-electron chi connectivity index (χ0n) is 17.1. The number of piperidine rings is 1. The smallest absolute Gasteiger partial charge is 0.227 e. The minimum Gasteiger partial charge on any atom is -0.396 e. The number of amides is 1. The number of benzene rings is 1. The van der Waals surface area contributed by atoms with Crippen LogP contribution in [-0.4, -0.2) is 71.8 Å². The fourth-order valence-electron chi connectivity index (χ4n) is 4.21. The molecule has 2 saturated heterocycles. The van der Waals surface area contributed by atoms with Gasteiger partial charge >= 0.3 is 0 Å². The summed E-state index contributed by atoms with van der Waals surface area (Å²) in [5, 5.41) is 9.47. The monoisotopic (exact) mass is 413 g/mol. The molecule has 1 aromatic carbocycles. The summed E-state index contributed by atoms with van der Waals surface area (Å²) in [5.74, 6) is 1.65. The minimum atomic E-state index is -0.334. The Morgan fingerprint density at radius 1 is 1.07 bits per heavy atom. The predicted molar refractivity (Wildman–Crippen MR) is 113 cm³/mol. The zero-order chi connectivity index (χ0) is 20.9. The molecular weight excluding hydrogens is 385 g/mol. The molecule has 0 radical (unpaired) electrons. The molecule has 160 valence electrons. The van der Waals surface area contributed by atoms with Gasteiger partial charge in [-0.2, -0.15) is 0 Å². The maximum atomic E-state index is 13.8. The molecular formula is C22H28FN5O2. The van der Waals surface area contributed by atoms with E-state index >= 15 is 0 Å². The van der Waals surface area contributed by atoms with E-state index in [0.717, 1.165) is 37.6 Å². The van der Waals surface area contributed by atoms with Gasteiger partial charge in [0.25, 0.3) is 0 Å². The number of aliphatic hydroxyl groups excluding tert-OH is 1. The van der Waals surface area contributed by atoms with E-state index in [4.69, 9.17) is 0 Å². The number of aliphatic hydroxyl groups is 1. The summed E-state index contributed by atoms with van der Waals surface area (Å²) in [6, 6.07) is 8.43. The minimum absolute atomic E-state index is 0.0495. The van der Waals surface area contributed by atoms with Crippen LogP contribution in [0, 0.1) is 11.7 Å². The van der Waals surface area contributed by atoms with Gasteiger partial charge in [-0.25, -0.2) is 14.4 Å². The molecule has 0 spiro atoms. The van der Waals surface area contributed by atoms with Crippen LogP contribution < -0.4 is 9.80 Å². The lowest BCUT2D eigenvalue weighted by molar-refractivity contribution is -0.130. The van der Waals surface area contributed by atoms with Gasteiger partial charge in [0.05, 0.1) is 6.42 Å². The molecule has 2 aliphatic rings. The fourth-order valence-corrected chi connectivity index (χ4v) is 4.21. The van der Waals surface area contributed by atoms with Crippen molar-refractivity contribution in [1.29, 1.82) is 0 Å². The zero-order valence-corrected chi connectivity index (χ0v) is 17.1. The van der Waals surface area contributed by atoms with Gasteiger partial charge in [-0.3, -0.25) is 4.79 Å². The van der Waals surface area contributed by atoms with Crippen LogP contribution in [0.2, 0.25) is 0 Å². The van der Waals surface area contributed by atoms with Crippen LogP contribution in [0.15, 0.2) is 36.7 Å². The average Bonchev–Trinajstić information content (AvgIpc) is 2.81. The highest BCUT2D eigenvalue weighted by Gasteiger charge is 2.24. The molecule has 2 fully saturated rings. The number of nitrogens with zero attached hydrogens (tertiary/aromatic N) is 5. The van der Waals surface area contributed by atoms with Crippen molar-refractivity contribution in [1.82, 2.24) is 14.9 Å². The summed E-state index contributed by atoms with van der Waals surface area (Å²) in [5.41, 5.74) is 0.438. The van der Waals surface area contributed by atoms with E-state index in [-0.39, 0.29) is 24.8 Å². The van der Waals surface area contributed by atoms with Gasteiger partial charge in [-0.15, -0.1) is 0 Å². The van der Waals surface area contributed by atoms with E-state index in [1.807, 2.05) is 6.07 Å². The Bertz CT molecular complexity index is 872. The molecule has 0 saturated carbocycles. The van der Waals surface area contributed by atoms with E-state index in [1.54, 1.807) is 29.4 Å². The maximum absolute atomic E-state index is 13.8. The van der Waals surface area contributed by atoms with Crippen molar-refractivity contribution < 1.29 is 14.3 Å². The normalized spacial score (nSPS) is 19.8. The van der Waals surface area contributed by atoms with Gasteiger partial charge in [0.1, 0.15) is 23.8 Å². The lowest BCUT2D eigenvalue weighted by Crippen LogP contribution is -2.49. The average molecular weight is 413 g/mol. The molecule has 1 amide bonds. The molecule has 8 heteroatoms. The number of carbonyl (C=O) groups excluding carboxylic acids is 1. The highest BCUT2D eigenvalue weighted by Crippen LogP contribution is 2.24. The SMILES string of the molecule is O=C(Cc1ccccc1F)N1CCN(c2cc(N3CCCC(CO)C3)ncn2)CC1. The number of piperazine rings is 1. The van der Waals surface area contributed by atoms with Crippen LogP contribution >= 0.6 is 0 Å². The second-order valence-electron chi connectivity index (χ2n) is 8.01. The lowest BCUT2D eigenvalue weighted by Gasteiger charge is -2.36. The second-order valence-corrected chi connectivity index (χ2v) is 8.01. The Morgan fingerprint density at radius 3 is 2.53 bits per heavy atom. The molecule has 0 aliphatic carbocycles. The summed E-state index contributed by atoms with van der Waals surface area (Å²) in [4.78, 5) is 27.6. The Balaban J connectivity index is 1.35. The van der Waals surface area contributed by atoms with Crippen molar-refractivity contribution in [2.45, 2.75) is 19.3 Å². The van der Waals surface area contributed by atoms with Crippen LogP contribution in [0.3, 0.4) is 0 Å². The van der Waals surface area contributed by atoms with Crippen molar-refractivity contribution in [3.05, 3.63) is 48.0 Å². The molecule has 1 N–H and O–H groups in total. The molecule has 30 heavy (non-hydrogen) atoms. The van der Waals surface area contributed by atoms with Crippen molar-refractivity contribution in [3.63, 3.8) is 0 Å². The van der Waals surface area contributed by atoms with Crippen LogP contribution in [-0.2, 0) is 11.2 Å². The van der Waals surface area contributed by atoms with Gasteiger partial charge in [0.15, 0.2) is 0 Å². The standard InChI is InChI=1S/C22H28FN5O2/c23-19-6-2-1-5-18(19)12-22(30)27-10-8-26(9-11-27)20-13-21(25-16-24-20)28-7-3-4-17(14-28)15-29/h1-2,5-6,13,16-17,29H,3-4,7-12,14-15H2. The predicted octanol–water partition coefficient (Wildman–Crippen LogP) is 1.72. The Hall–Kier alpha value is -2.74. The van der Waals surface area contributed by atoms with Crippen molar-refractivity contribution in [2.24, 2.45) is 5.92 Å². The number of rotatable bonds is 5. The van der Waals surface area contributed by atoms with Crippen LogP contribution in [0.25, 0.3) is 0 Å². The molecule has 2 aliphatic heterocycles. The third-order valence-electron chi connectivity index (χ3n) is 6.00. The first kappa shape index (κ1) is 20.5. The molecule has 1 atom stereocenters. The first-order valence-corrected chi connectivity index (χ1v) is 10.6. The topological polar surface area (TPSA) is 72.8 Å². The summed E-state index contributed by atoms with van der Waals surface area (Å²) in [7, 11) is 0. The summed E-state index contributed by atoms with van der Waals surface area (Å²) < 4.78 is 13.8. The third-order valence-corrected chi connectivity index (χ3v) is 6.00. The Kier molecular flexibility index (Phi) is 6.42. The van der Waals surface area contributed by atoms with E-state index < -0.39 is 0 Å². The quantitative estimate of drug-likeness (QED) is 0.805. The van der Waals surface area contributed by atoms with E-state index in [2.05, 4.69) is 19.8 Å². The first-order valence-electron chi connectivity index (χ1n) is 10.6. The Labute approximate surface area is 176 Å². The summed E-state index contributed by atoms with van der Waals surface area (Å²) in [6.07, 6.45) is 3.77. The molecule has 3 heterocycles. The number of carbonyl (C=O) groups is 1. The van der Waals surface area contributed by atoms with Gasteiger partial charge in [-0.05, 0) is 30.4 Å². The fraction of sp³-hybridized carbons (Fsp3) is 0.500. The van der Waals surface area contributed by atoms with Gasteiger partial charge < -0.3 is 19.8 Å². The first-order chi connectivity index (χ1) is 14.6. The molecule has 1 unspecified atom stereocenters. The van der Waals surface area contributed by atoms with E-state index in [1.165, 1.54) is 6.07 Å². The number of anilines is 2. The highest BCUT2D eigenvalue weighted by atomic mass is 19.1. The summed E-state index contributed by atoms with van der Waals surface area (Å²) >= 11 is 0. The van der Waals surface area contributed by atoms with Gasteiger partial charge in [0.2, 0.25) is 5.91 Å². The number of hydrogen-bond acceptors (Lipinski definition) is 6. The molecule has 7 nitrogen and oxygen atoms in total. The largest absolute Gasteiger partial charge is 0.396 e. The molecule has 1 aromatic heterocycles. The van der Waals surface area contributed by atoms with Crippen molar-refractivity contribution in [3.8, 4) is 0 Å². The number of halogens is 1. The molecule has 2 aromatic rings. The molecule has 0 bridgehead atoms. The van der Waals surface area contributed by atoms with Crippen molar-refractivity contribution in [2.75, 3.05) is 55.7 Å². The maximum Gasteiger partial charge on any atom is 0.227 e. The van der Waals surface area contributed by atoms with E-state index in [0.29, 0.717) is 37.7 Å². The van der Waals surface area contributed by atoms with Crippen LogP contribution in [0.5, 0.6) is 0 Å². The molecule has 4 rings (SSSR count). The highest BCUT2D eigenvalue weighted by molar-refractivity contribution is 5.79. The Morgan fingerprint density at radius 2 is 1.80 bits per heavy atom. The number of hydrogen-bond donors (Lipinski definition) is 1. The second kappa shape index (κ2) is 9.38. The van der Waals surface area contributed by atoms with Crippen molar-refractivity contribution >= 4 is 17.5 Å². The summed E-state index contributed by atoms with van der Waals surface area (Å²) in [6.45, 7) is 4.48.